The average molecular weight is 413 g/mol. The molecule has 0 bridgehead atoms. The maximum atomic E-state index is 12.8. The molecule has 1 amide bonds. The van der Waals surface area contributed by atoms with E-state index < -0.39 is 15.9 Å². The Hall–Kier alpha value is -1.60. The largest absolute Gasteiger partial charge is 0.324 e. The lowest BCUT2D eigenvalue weighted by atomic mass is 9.99. The normalized spacial score (nSPS) is 18.5. The molecular formula is C18H18Cl2N2O3S. The standard InChI is InChI=1S/C18H18Cl2N2O3S/c19-14-7-9-15(10-8-14)26(24,25)22-11-3-4-13(12-22)18(23)21-17-6-2-1-5-16(17)20/h1-2,5-10,13H,3-4,11-12H2,(H,21,23). The second-order valence-corrected chi connectivity index (χ2v) is 8.91. The Morgan fingerprint density at radius 1 is 1.08 bits per heavy atom. The fourth-order valence-electron chi connectivity index (χ4n) is 2.93. The average Bonchev–Trinajstić information content (AvgIpc) is 2.64. The molecule has 0 radical (unpaired) electrons. The van der Waals surface area contributed by atoms with Crippen molar-refractivity contribution in [2.45, 2.75) is 17.7 Å². The van der Waals surface area contributed by atoms with Crippen molar-refractivity contribution in [2.75, 3.05) is 18.4 Å². The lowest BCUT2D eigenvalue weighted by molar-refractivity contribution is -0.120. The van der Waals surface area contributed by atoms with Gasteiger partial charge < -0.3 is 5.32 Å². The number of hydrogen-bond donors (Lipinski definition) is 1. The topological polar surface area (TPSA) is 66.5 Å². The molecular weight excluding hydrogens is 395 g/mol. The summed E-state index contributed by atoms with van der Waals surface area (Å²) in [5.41, 5.74) is 0.525. The number of rotatable bonds is 4. The first-order valence-electron chi connectivity index (χ1n) is 8.19. The van der Waals surface area contributed by atoms with Crippen molar-refractivity contribution in [3.63, 3.8) is 0 Å². The van der Waals surface area contributed by atoms with Crippen LogP contribution in [-0.2, 0) is 14.8 Å². The van der Waals surface area contributed by atoms with Gasteiger partial charge in [0.05, 0.1) is 21.5 Å². The molecule has 0 spiro atoms. The van der Waals surface area contributed by atoms with E-state index in [2.05, 4.69) is 5.32 Å². The summed E-state index contributed by atoms with van der Waals surface area (Å²) in [5, 5.41) is 3.71. The summed E-state index contributed by atoms with van der Waals surface area (Å²) >= 11 is 11.9. The van der Waals surface area contributed by atoms with Crippen LogP contribution in [0.2, 0.25) is 10.0 Å². The van der Waals surface area contributed by atoms with Gasteiger partial charge in [-0.2, -0.15) is 4.31 Å². The van der Waals surface area contributed by atoms with E-state index in [-0.39, 0.29) is 17.3 Å². The summed E-state index contributed by atoms with van der Waals surface area (Å²) in [6, 6.07) is 13.0. The van der Waals surface area contributed by atoms with Crippen molar-refractivity contribution >= 4 is 44.8 Å². The molecule has 1 heterocycles. The smallest absolute Gasteiger partial charge is 0.243 e. The number of carbonyl (C=O) groups is 1. The lowest BCUT2D eigenvalue weighted by Gasteiger charge is -2.31. The minimum Gasteiger partial charge on any atom is -0.324 e. The van der Waals surface area contributed by atoms with E-state index in [9.17, 15) is 13.2 Å². The molecule has 1 fully saturated rings. The minimum absolute atomic E-state index is 0.140. The number of amides is 1. The maximum Gasteiger partial charge on any atom is 0.243 e. The highest BCUT2D eigenvalue weighted by Crippen LogP contribution is 2.27. The minimum atomic E-state index is -3.66. The zero-order valence-electron chi connectivity index (χ0n) is 13.9. The van der Waals surface area contributed by atoms with Crippen LogP contribution in [0.5, 0.6) is 0 Å². The molecule has 1 aliphatic rings. The highest BCUT2D eigenvalue weighted by molar-refractivity contribution is 7.89. The molecule has 0 saturated carbocycles. The molecule has 1 N–H and O–H groups in total. The molecule has 5 nitrogen and oxygen atoms in total. The number of carbonyl (C=O) groups excluding carboxylic acids is 1. The van der Waals surface area contributed by atoms with Gasteiger partial charge in [0, 0.05) is 18.1 Å². The maximum absolute atomic E-state index is 12.8. The van der Waals surface area contributed by atoms with E-state index in [1.807, 2.05) is 0 Å². The Balaban J connectivity index is 1.73. The number of benzene rings is 2. The quantitative estimate of drug-likeness (QED) is 0.823. The number of nitrogens with one attached hydrogen (secondary N) is 1. The fourth-order valence-corrected chi connectivity index (χ4v) is 4.76. The molecule has 8 heteroatoms. The number of anilines is 1. The van der Waals surface area contributed by atoms with Gasteiger partial charge in [-0.25, -0.2) is 8.42 Å². The molecule has 0 aliphatic carbocycles. The molecule has 0 aromatic heterocycles. The van der Waals surface area contributed by atoms with Gasteiger partial charge in [0.25, 0.3) is 0 Å². The van der Waals surface area contributed by atoms with Crippen molar-refractivity contribution in [2.24, 2.45) is 5.92 Å². The number of halogens is 2. The van der Waals surface area contributed by atoms with E-state index in [0.29, 0.717) is 35.1 Å². The van der Waals surface area contributed by atoms with Gasteiger partial charge in [0.15, 0.2) is 0 Å². The number of para-hydroxylation sites is 1. The molecule has 138 valence electrons. The zero-order valence-corrected chi connectivity index (χ0v) is 16.2. The molecule has 1 atom stereocenters. The first kappa shape index (κ1) is 19.2. The summed E-state index contributed by atoms with van der Waals surface area (Å²) in [6.07, 6.45) is 1.25. The summed E-state index contributed by atoms with van der Waals surface area (Å²) < 4.78 is 27.0. The van der Waals surface area contributed by atoms with Gasteiger partial charge >= 0.3 is 0 Å². The van der Waals surface area contributed by atoms with Crippen molar-refractivity contribution in [1.29, 1.82) is 0 Å². The van der Waals surface area contributed by atoms with Crippen LogP contribution in [0.4, 0.5) is 5.69 Å². The molecule has 1 unspecified atom stereocenters. The van der Waals surface area contributed by atoms with Gasteiger partial charge in [-0.3, -0.25) is 4.79 Å². The van der Waals surface area contributed by atoms with Crippen molar-refractivity contribution < 1.29 is 13.2 Å². The van der Waals surface area contributed by atoms with E-state index in [1.165, 1.54) is 16.4 Å². The summed E-state index contributed by atoms with van der Waals surface area (Å²) in [6.45, 7) is 0.530. The molecule has 2 aromatic carbocycles. The lowest BCUT2D eigenvalue weighted by Crippen LogP contribution is -2.43. The predicted octanol–water partition coefficient (Wildman–Crippen LogP) is 4.03. The fraction of sp³-hybridized carbons (Fsp3) is 0.278. The van der Waals surface area contributed by atoms with Crippen LogP contribution < -0.4 is 5.32 Å². The van der Waals surface area contributed by atoms with E-state index in [1.54, 1.807) is 36.4 Å². The highest BCUT2D eigenvalue weighted by Gasteiger charge is 2.33. The monoisotopic (exact) mass is 412 g/mol. The summed E-state index contributed by atoms with van der Waals surface area (Å²) in [4.78, 5) is 12.7. The first-order chi connectivity index (χ1) is 12.4. The van der Waals surface area contributed by atoms with Crippen LogP contribution in [0.15, 0.2) is 53.4 Å². The Morgan fingerprint density at radius 3 is 2.46 bits per heavy atom. The van der Waals surface area contributed by atoms with Crippen LogP contribution in [0, 0.1) is 5.92 Å². The second kappa shape index (κ2) is 7.96. The number of piperidine rings is 1. The van der Waals surface area contributed by atoms with Crippen LogP contribution in [0.3, 0.4) is 0 Å². The van der Waals surface area contributed by atoms with E-state index >= 15 is 0 Å². The summed E-state index contributed by atoms with van der Waals surface area (Å²) in [7, 11) is -3.66. The number of hydrogen-bond acceptors (Lipinski definition) is 3. The third-order valence-corrected chi connectivity index (χ3v) is 6.80. The molecule has 1 saturated heterocycles. The summed E-state index contributed by atoms with van der Waals surface area (Å²) in [5.74, 6) is -0.656. The van der Waals surface area contributed by atoms with E-state index in [0.717, 1.165) is 0 Å². The van der Waals surface area contributed by atoms with Gasteiger partial charge in [0.1, 0.15) is 0 Å². The highest BCUT2D eigenvalue weighted by atomic mass is 35.5. The van der Waals surface area contributed by atoms with Gasteiger partial charge in [0.2, 0.25) is 15.9 Å². The predicted molar refractivity (Wildman–Crippen MR) is 103 cm³/mol. The Morgan fingerprint density at radius 2 is 1.77 bits per heavy atom. The van der Waals surface area contributed by atoms with Crippen LogP contribution in [0.1, 0.15) is 12.8 Å². The first-order valence-corrected chi connectivity index (χ1v) is 10.4. The Labute approximate surface area is 163 Å². The van der Waals surface area contributed by atoms with Crippen molar-refractivity contribution in [3.05, 3.63) is 58.6 Å². The molecule has 1 aliphatic heterocycles. The van der Waals surface area contributed by atoms with Crippen LogP contribution >= 0.6 is 23.2 Å². The van der Waals surface area contributed by atoms with Gasteiger partial charge in [-0.05, 0) is 49.2 Å². The third-order valence-electron chi connectivity index (χ3n) is 4.34. The SMILES string of the molecule is O=C(Nc1ccccc1Cl)C1CCCN(S(=O)(=O)c2ccc(Cl)cc2)C1. The Bertz CT molecular complexity index is 901. The Kier molecular flexibility index (Phi) is 5.87. The second-order valence-electron chi connectivity index (χ2n) is 6.13. The number of sulfonamides is 1. The molecule has 26 heavy (non-hydrogen) atoms. The van der Waals surface area contributed by atoms with Gasteiger partial charge in [-0.1, -0.05) is 35.3 Å². The van der Waals surface area contributed by atoms with Crippen LogP contribution in [-0.4, -0.2) is 31.7 Å². The van der Waals surface area contributed by atoms with Crippen molar-refractivity contribution in [1.82, 2.24) is 4.31 Å². The van der Waals surface area contributed by atoms with E-state index in [4.69, 9.17) is 23.2 Å². The number of nitrogens with zero attached hydrogens (tertiary/aromatic N) is 1. The molecule has 3 rings (SSSR count). The van der Waals surface area contributed by atoms with Gasteiger partial charge in [-0.15, -0.1) is 0 Å². The van der Waals surface area contributed by atoms with Crippen molar-refractivity contribution in [3.8, 4) is 0 Å². The molecule has 2 aromatic rings. The van der Waals surface area contributed by atoms with Crippen LogP contribution in [0.25, 0.3) is 0 Å². The third kappa shape index (κ3) is 4.20. The zero-order chi connectivity index (χ0) is 18.7.